The van der Waals surface area contributed by atoms with E-state index in [0.717, 1.165) is 23.4 Å². The molecule has 2 atom stereocenters. The van der Waals surface area contributed by atoms with E-state index in [2.05, 4.69) is 31.3 Å². The van der Waals surface area contributed by atoms with Crippen LogP contribution in [0.3, 0.4) is 0 Å². The zero-order valence-corrected chi connectivity index (χ0v) is 16.6. The molecule has 2 aromatic rings. The number of hydrogen-bond acceptors (Lipinski definition) is 2. The first kappa shape index (κ1) is 19.2. The predicted octanol–water partition coefficient (Wildman–Crippen LogP) is 4.81. The minimum absolute atomic E-state index is 0.00511. The molecule has 0 saturated carbocycles. The molecule has 0 aromatic heterocycles. The second kappa shape index (κ2) is 7.95. The highest BCUT2D eigenvalue weighted by atomic mass is 16.2. The summed E-state index contributed by atoms with van der Waals surface area (Å²) in [6.07, 6.45) is 1.34. The Hall–Kier alpha value is -2.62. The molecule has 4 heteroatoms. The SMILES string of the molecule is CC[C@@H](C)c1ccc(NC(=O)[C@H]2CC(=O)N(c3ccc(C)c(C)c3)C2)cc1. The van der Waals surface area contributed by atoms with Gasteiger partial charge in [-0.2, -0.15) is 0 Å². The lowest BCUT2D eigenvalue weighted by molar-refractivity contribution is -0.122. The van der Waals surface area contributed by atoms with Crippen molar-refractivity contribution in [2.75, 3.05) is 16.8 Å². The second-order valence-electron chi connectivity index (χ2n) is 7.59. The molecule has 1 N–H and O–H groups in total. The molecule has 142 valence electrons. The van der Waals surface area contributed by atoms with Crippen LogP contribution in [0.4, 0.5) is 11.4 Å². The predicted molar refractivity (Wildman–Crippen MR) is 110 cm³/mol. The van der Waals surface area contributed by atoms with Crippen molar-refractivity contribution < 1.29 is 9.59 Å². The molecule has 1 aliphatic rings. The van der Waals surface area contributed by atoms with E-state index < -0.39 is 0 Å². The van der Waals surface area contributed by atoms with Gasteiger partial charge in [0.15, 0.2) is 0 Å². The van der Waals surface area contributed by atoms with Crippen LogP contribution in [0.1, 0.15) is 49.3 Å². The first-order valence-corrected chi connectivity index (χ1v) is 9.67. The number of amides is 2. The summed E-state index contributed by atoms with van der Waals surface area (Å²) in [5.41, 5.74) is 5.27. The van der Waals surface area contributed by atoms with E-state index in [1.807, 2.05) is 44.2 Å². The fourth-order valence-electron chi connectivity index (χ4n) is 3.40. The normalized spacial score (nSPS) is 17.9. The molecule has 4 nitrogen and oxygen atoms in total. The Bertz CT molecular complexity index is 842. The van der Waals surface area contributed by atoms with Crippen LogP contribution < -0.4 is 10.2 Å². The van der Waals surface area contributed by atoms with Gasteiger partial charge >= 0.3 is 0 Å². The summed E-state index contributed by atoms with van der Waals surface area (Å²) in [6, 6.07) is 14.0. The highest BCUT2D eigenvalue weighted by Gasteiger charge is 2.35. The third-order valence-electron chi connectivity index (χ3n) is 5.66. The van der Waals surface area contributed by atoms with Crippen molar-refractivity contribution >= 4 is 23.2 Å². The molecule has 0 spiro atoms. The van der Waals surface area contributed by atoms with Crippen LogP contribution in [-0.4, -0.2) is 18.4 Å². The molecule has 1 saturated heterocycles. The van der Waals surface area contributed by atoms with E-state index in [9.17, 15) is 9.59 Å². The van der Waals surface area contributed by atoms with Gasteiger partial charge < -0.3 is 10.2 Å². The molecule has 1 aliphatic heterocycles. The average Bonchev–Trinajstić information content (AvgIpc) is 3.06. The molecule has 0 radical (unpaired) electrons. The molecule has 1 heterocycles. The van der Waals surface area contributed by atoms with Crippen LogP contribution in [0.25, 0.3) is 0 Å². The first-order chi connectivity index (χ1) is 12.9. The van der Waals surface area contributed by atoms with Gasteiger partial charge in [0.25, 0.3) is 0 Å². The Labute approximate surface area is 161 Å². The highest BCUT2D eigenvalue weighted by molar-refractivity contribution is 6.03. The van der Waals surface area contributed by atoms with E-state index in [1.54, 1.807) is 4.90 Å². The maximum atomic E-state index is 12.6. The van der Waals surface area contributed by atoms with E-state index in [1.165, 1.54) is 11.1 Å². The lowest BCUT2D eigenvalue weighted by atomic mass is 9.98. The second-order valence-corrected chi connectivity index (χ2v) is 7.59. The standard InChI is InChI=1S/C23H28N2O2/c1-5-15(2)18-7-9-20(10-8-18)24-23(27)19-13-22(26)25(14-19)21-11-6-16(3)17(4)12-21/h6-12,15,19H,5,13-14H2,1-4H3,(H,24,27)/t15-,19+/m1/s1. The third-order valence-corrected chi connectivity index (χ3v) is 5.66. The largest absolute Gasteiger partial charge is 0.326 e. The van der Waals surface area contributed by atoms with Crippen LogP contribution in [-0.2, 0) is 9.59 Å². The molecule has 1 fully saturated rings. The monoisotopic (exact) mass is 364 g/mol. The van der Waals surface area contributed by atoms with Gasteiger partial charge in [0.2, 0.25) is 11.8 Å². The summed E-state index contributed by atoms with van der Waals surface area (Å²) in [5.74, 6) is 0.0959. The lowest BCUT2D eigenvalue weighted by Crippen LogP contribution is -2.28. The van der Waals surface area contributed by atoms with Crippen LogP contribution >= 0.6 is 0 Å². The molecule has 2 amide bonds. The van der Waals surface area contributed by atoms with E-state index in [4.69, 9.17) is 0 Å². The summed E-state index contributed by atoms with van der Waals surface area (Å²) in [6.45, 7) is 8.87. The van der Waals surface area contributed by atoms with Crippen LogP contribution in [0.5, 0.6) is 0 Å². The molecule has 3 rings (SSSR count). The maximum absolute atomic E-state index is 12.6. The van der Waals surface area contributed by atoms with E-state index in [-0.39, 0.29) is 24.2 Å². The molecule has 27 heavy (non-hydrogen) atoms. The number of carbonyl (C=O) groups excluding carboxylic acids is 2. The minimum atomic E-state index is -0.326. The van der Waals surface area contributed by atoms with Gasteiger partial charge in [-0.1, -0.05) is 32.0 Å². The smallest absolute Gasteiger partial charge is 0.229 e. The van der Waals surface area contributed by atoms with Crippen molar-refractivity contribution in [2.24, 2.45) is 5.92 Å². The Morgan fingerprint density at radius 1 is 1.15 bits per heavy atom. The number of carbonyl (C=O) groups is 2. The fourth-order valence-corrected chi connectivity index (χ4v) is 3.40. The number of nitrogens with one attached hydrogen (secondary N) is 1. The van der Waals surface area contributed by atoms with Crippen molar-refractivity contribution in [3.63, 3.8) is 0 Å². The zero-order valence-electron chi connectivity index (χ0n) is 16.6. The Morgan fingerprint density at radius 3 is 2.48 bits per heavy atom. The van der Waals surface area contributed by atoms with Crippen molar-refractivity contribution in [1.29, 1.82) is 0 Å². The summed E-state index contributed by atoms with van der Waals surface area (Å²) in [7, 11) is 0. The topological polar surface area (TPSA) is 49.4 Å². The maximum Gasteiger partial charge on any atom is 0.229 e. The Kier molecular flexibility index (Phi) is 5.64. The van der Waals surface area contributed by atoms with Gasteiger partial charge in [-0.3, -0.25) is 9.59 Å². The zero-order chi connectivity index (χ0) is 19.6. The van der Waals surface area contributed by atoms with Crippen molar-refractivity contribution in [1.82, 2.24) is 0 Å². The number of anilines is 2. The molecule has 0 bridgehead atoms. The Morgan fingerprint density at radius 2 is 1.85 bits per heavy atom. The van der Waals surface area contributed by atoms with Gasteiger partial charge in [0, 0.05) is 24.3 Å². The number of rotatable bonds is 5. The van der Waals surface area contributed by atoms with Crippen LogP contribution in [0.2, 0.25) is 0 Å². The molecule has 2 aromatic carbocycles. The van der Waals surface area contributed by atoms with Crippen molar-refractivity contribution in [3.8, 4) is 0 Å². The summed E-state index contributed by atoms with van der Waals surface area (Å²) < 4.78 is 0. The molecule has 0 aliphatic carbocycles. The summed E-state index contributed by atoms with van der Waals surface area (Å²) >= 11 is 0. The highest BCUT2D eigenvalue weighted by Crippen LogP contribution is 2.28. The molecular formula is C23H28N2O2. The molecular weight excluding hydrogens is 336 g/mol. The van der Waals surface area contributed by atoms with E-state index >= 15 is 0 Å². The van der Waals surface area contributed by atoms with Crippen LogP contribution in [0.15, 0.2) is 42.5 Å². The quantitative estimate of drug-likeness (QED) is 0.828. The Balaban J connectivity index is 1.66. The van der Waals surface area contributed by atoms with Gasteiger partial charge in [-0.25, -0.2) is 0 Å². The third kappa shape index (κ3) is 4.21. The summed E-state index contributed by atoms with van der Waals surface area (Å²) in [5, 5.41) is 2.96. The van der Waals surface area contributed by atoms with Gasteiger partial charge in [0.05, 0.1) is 5.92 Å². The van der Waals surface area contributed by atoms with Gasteiger partial charge in [0.1, 0.15) is 0 Å². The van der Waals surface area contributed by atoms with Gasteiger partial charge in [-0.05, 0) is 67.1 Å². The number of aryl methyl sites for hydroxylation is 2. The lowest BCUT2D eigenvalue weighted by Gasteiger charge is -2.18. The number of benzene rings is 2. The first-order valence-electron chi connectivity index (χ1n) is 9.67. The van der Waals surface area contributed by atoms with Crippen LogP contribution in [0, 0.1) is 19.8 Å². The van der Waals surface area contributed by atoms with E-state index in [0.29, 0.717) is 12.5 Å². The van der Waals surface area contributed by atoms with Crippen molar-refractivity contribution in [3.05, 3.63) is 59.2 Å². The minimum Gasteiger partial charge on any atom is -0.326 e. The average molecular weight is 364 g/mol. The number of hydrogen-bond donors (Lipinski definition) is 1. The fraction of sp³-hybridized carbons (Fsp3) is 0.391. The number of nitrogens with zero attached hydrogens (tertiary/aromatic N) is 1. The summed E-state index contributed by atoms with van der Waals surface area (Å²) in [4.78, 5) is 26.8. The van der Waals surface area contributed by atoms with Gasteiger partial charge in [-0.15, -0.1) is 0 Å². The van der Waals surface area contributed by atoms with Crippen molar-refractivity contribution in [2.45, 2.75) is 46.5 Å². The molecule has 0 unspecified atom stereocenters.